The fourth-order valence-electron chi connectivity index (χ4n) is 0.718. The number of hydrogen-bond acceptors (Lipinski definition) is 3. The molecule has 0 aromatic carbocycles. The van der Waals surface area contributed by atoms with Crippen molar-refractivity contribution in [2.75, 3.05) is 19.7 Å². The summed E-state index contributed by atoms with van der Waals surface area (Å²) in [5, 5.41) is 3.20. The molecule has 0 amide bonds. The number of hydrogen-bond donors (Lipinski definition) is 2. The van der Waals surface area contributed by atoms with Gasteiger partial charge in [0.25, 0.3) is 0 Å². The molecule has 0 aliphatic heterocycles. The summed E-state index contributed by atoms with van der Waals surface area (Å²) in [5.74, 6) is 0.637. The van der Waals surface area contributed by atoms with Gasteiger partial charge >= 0.3 is 11.4 Å². The predicted molar refractivity (Wildman–Crippen MR) is 49.0 cm³/mol. The Kier molecular flexibility index (Phi) is 7.69. The van der Waals surface area contributed by atoms with E-state index in [2.05, 4.69) is 23.3 Å². The maximum absolute atomic E-state index is 10.0. The molecule has 0 spiro atoms. The Labute approximate surface area is 76.2 Å². The van der Waals surface area contributed by atoms with E-state index in [0.717, 1.165) is 19.5 Å². The topological polar surface area (TPSA) is 58.6 Å². The monoisotopic (exact) mass is 195 g/mol. The largest absolute Gasteiger partial charge is 0.316 e. The zero-order valence-corrected chi connectivity index (χ0v) is 8.39. The van der Waals surface area contributed by atoms with E-state index in [4.69, 9.17) is 4.55 Å². The van der Waals surface area contributed by atoms with E-state index >= 15 is 0 Å². The Morgan fingerprint density at radius 2 is 2.25 bits per heavy atom. The van der Waals surface area contributed by atoms with Crippen LogP contribution in [-0.2, 0) is 15.5 Å². The average Bonchev–Trinajstić information content (AvgIpc) is 1.95. The van der Waals surface area contributed by atoms with Crippen LogP contribution >= 0.6 is 0 Å². The molecule has 1 unspecified atom stereocenters. The zero-order chi connectivity index (χ0) is 9.40. The summed E-state index contributed by atoms with van der Waals surface area (Å²) >= 11 is -2.11. The van der Waals surface area contributed by atoms with Crippen molar-refractivity contribution in [3.8, 4) is 0 Å². The molecule has 0 aromatic heterocycles. The third-order valence-corrected chi connectivity index (χ3v) is 1.60. The van der Waals surface area contributed by atoms with Crippen LogP contribution in [0.15, 0.2) is 0 Å². The lowest BCUT2D eigenvalue weighted by atomic mass is 10.2. The van der Waals surface area contributed by atoms with Gasteiger partial charge in [0.2, 0.25) is 0 Å². The van der Waals surface area contributed by atoms with E-state index < -0.39 is 11.4 Å². The molecule has 1 atom stereocenters. The minimum atomic E-state index is -2.11. The van der Waals surface area contributed by atoms with E-state index in [1.165, 1.54) is 0 Å². The standard InChI is InChI=1S/C7H17NO3S/c1-7(2)6-8-4-3-5-11-12(9)10/h7-8H,3-6H2,1-2H3,(H,9,10). The first-order chi connectivity index (χ1) is 5.63. The molecule has 74 valence electrons. The van der Waals surface area contributed by atoms with Crippen LogP contribution in [0.2, 0.25) is 0 Å². The van der Waals surface area contributed by atoms with E-state index in [1.807, 2.05) is 0 Å². The van der Waals surface area contributed by atoms with Crippen LogP contribution < -0.4 is 5.32 Å². The molecule has 0 saturated heterocycles. The van der Waals surface area contributed by atoms with Crippen molar-refractivity contribution in [1.82, 2.24) is 5.32 Å². The van der Waals surface area contributed by atoms with Crippen LogP contribution in [0.5, 0.6) is 0 Å². The van der Waals surface area contributed by atoms with Crippen LogP contribution in [-0.4, -0.2) is 28.5 Å². The van der Waals surface area contributed by atoms with Crippen LogP contribution in [0.25, 0.3) is 0 Å². The highest BCUT2D eigenvalue weighted by molar-refractivity contribution is 7.74. The molecule has 0 aliphatic rings. The second-order valence-corrected chi connectivity index (χ2v) is 3.66. The van der Waals surface area contributed by atoms with Crippen LogP contribution in [0.3, 0.4) is 0 Å². The molecule has 0 saturated carbocycles. The van der Waals surface area contributed by atoms with Gasteiger partial charge in [0.05, 0.1) is 6.61 Å². The lowest BCUT2D eigenvalue weighted by Gasteiger charge is -2.05. The van der Waals surface area contributed by atoms with Crippen molar-refractivity contribution in [2.45, 2.75) is 20.3 Å². The molecule has 12 heavy (non-hydrogen) atoms. The third kappa shape index (κ3) is 10.0. The Hall–Kier alpha value is 0.0300. The van der Waals surface area contributed by atoms with Gasteiger partial charge in [0.1, 0.15) is 0 Å². The highest BCUT2D eigenvalue weighted by Crippen LogP contribution is 1.88. The molecule has 0 aliphatic carbocycles. The molecule has 2 N–H and O–H groups in total. The van der Waals surface area contributed by atoms with Crippen molar-refractivity contribution in [3.63, 3.8) is 0 Å². The van der Waals surface area contributed by atoms with Gasteiger partial charge in [0.15, 0.2) is 0 Å². The molecule has 0 heterocycles. The van der Waals surface area contributed by atoms with E-state index in [9.17, 15) is 4.21 Å². The fourth-order valence-corrected chi connectivity index (χ4v) is 0.979. The third-order valence-electron chi connectivity index (χ3n) is 1.23. The van der Waals surface area contributed by atoms with E-state index in [0.29, 0.717) is 12.5 Å². The highest BCUT2D eigenvalue weighted by atomic mass is 32.2. The van der Waals surface area contributed by atoms with Crippen LogP contribution in [0, 0.1) is 5.92 Å². The molecular weight excluding hydrogens is 178 g/mol. The van der Waals surface area contributed by atoms with Gasteiger partial charge < -0.3 is 5.32 Å². The van der Waals surface area contributed by atoms with Gasteiger partial charge in [-0.1, -0.05) is 13.8 Å². The molecule has 5 heteroatoms. The maximum Gasteiger partial charge on any atom is 0.301 e. The first-order valence-corrected chi connectivity index (χ1v) is 5.11. The second-order valence-electron chi connectivity index (χ2n) is 2.99. The second kappa shape index (κ2) is 7.67. The highest BCUT2D eigenvalue weighted by Gasteiger charge is 1.94. The quantitative estimate of drug-likeness (QED) is 0.465. The molecule has 0 fully saturated rings. The molecule has 0 radical (unpaired) electrons. The van der Waals surface area contributed by atoms with Gasteiger partial charge in [-0.25, -0.2) is 0 Å². The smallest absolute Gasteiger partial charge is 0.301 e. The predicted octanol–water partition coefficient (Wildman–Crippen LogP) is 0.775. The SMILES string of the molecule is CC(C)CNCCCOS(=O)O. The molecule has 4 nitrogen and oxygen atoms in total. The van der Waals surface area contributed by atoms with Gasteiger partial charge in [-0.05, 0) is 25.4 Å². The molecule has 0 aromatic rings. The van der Waals surface area contributed by atoms with Gasteiger partial charge in [-0.2, -0.15) is 4.21 Å². The fraction of sp³-hybridized carbons (Fsp3) is 1.00. The minimum Gasteiger partial charge on any atom is -0.316 e. The summed E-state index contributed by atoms with van der Waals surface area (Å²) in [6, 6.07) is 0. The Morgan fingerprint density at radius 1 is 1.58 bits per heavy atom. The first-order valence-electron chi connectivity index (χ1n) is 4.07. The molecular formula is C7H17NO3S. The summed E-state index contributed by atoms with van der Waals surface area (Å²) in [6.45, 7) is 6.39. The van der Waals surface area contributed by atoms with Crippen molar-refractivity contribution in [2.24, 2.45) is 5.92 Å². The summed E-state index contributed by atoms with van der Waals surface area (Å²) in [6.07, 6.45) is 0.763. The lowest BCUT2D eigenvalue weighted by molar-refractivity contribution is 0.298. The Bertz CT molecular complexity index is 130. The van der Waals surface area contributed by atoms with Crippen molar-refractivity contribution in [3.05, 3.63) is 0 Å². The Morgan fingerprint density at radius 3 is 2.75 bits per heavy atom. The van der Waals surface area contributed by atoms with E-state index in [1.54, 1.807) is 0 Å². The normalized spacial score (nSPS) is 13.7. The van der Waals surface area contributed by atoms with Crippen molar-refractivity contribution in [1.29, 1.82) is 0 Å². The summed E-state index contributed by atoms with van der Waals surface area (Å²) in [4.78, 5) is 0. The first kappa shape index (κ1) is 12.0. The van der Waals surface area contributed by atoms with Gasteiger partial charge in [-0.3, -0.25) is 8.74 Å². The number of nitrogens with one attached hydrogen (secondary N) is 1. The molecule has 0 bridgehead atoms. The summed E-state index contributed by atoms with van der Waals surface area (Å²) < 4.78 is 22.7. The molecule has 0 rings (SSSR count). The van der Waals surface area contributed by atoms with Gasteiger partial charge in [0, 0.05) is 0 Å². The van der Waals surface area contributed by atoms with Gasteiger partial charge in [-0.15, -0.1) is 0 Å². The number of rotatable bonds is 7. The minimum absolute atomic E-state index is 0.328. The Balaban J connectivity index is 2.96. The van der Waals surface area contributed by atoms with Crippen molar-refractivity contribution < 1.29 is 12.9 Å². The lowest BCUT2D eigenvalue weighted by Crippen LogP contribution is -2.21. The van der Waals surface area contributed by atoms with Crippen LogP contribution in [0.4, 0.5) is 0 Å². The maximum atomic E-state index is 10.0. The van der Waals surface area contributed by atoms with Crippen LogP contribution in [0.1, 0.15) is 20.3 Å². The average molecular weight is 195 g/mol. The summed E-state index contributed by atoms with van der Waals surface area (Å²) in [5.41, 5.74) is 0. The summed E-state index contributed by atoms with van der Waals surface area (Å²) in [7, 11) is 0. The van der Waals surface area contributed by atoms with E-state index in [-0.39, 0.29) is 0 Å². The van der Waals surface area contributed by atoms with Crippen molar-refractivity contribution >= 4 is 11.4 Å². The zero-order valence-electron chi connectivity index (χ0n) is 7.58.